The molecule has 0 radical (unpaired) electrons. The molecule has 1 saturated heterocycles. The molecule has 2 aliphatic rings. The highest BCUT2D eigenvalue weighted by Crippen LogP contribution is 2.36. The van der Waals surface area contributed by atoms with Gasteiger partial charge in [-0.25, -0.2) is 0 Å². The maximum absolute atomic E-state index is 12.7. The van der Waals surface area contributed by atoms with Crippen LogP contribution in [0.4, 0.5) is 0 Å². The number of nitrogens with one attached hydrogen (secondary N) is 1. The van der Waals surface area contributed by atoms with E-state index in [2.05, 4.69) is 15.0 Å². The van der Waals surface area contributed by atoms with Crippen LogP contribution in [0.15, 0.2) is 22.9 Å². The normalized spacial score (nSPS) is 20.6. The predicted molar refractivity (Wildman–Crippen MR) is 99.2 cm³/mol. The second-order valence-corrected chi connectivity index (χ2v) is 7.65. The lowest BCUT2D eigenvalue weighted by atomic mass is 10.1. The molecule has 7 heteroatoms. The molecule has 2 fully saturated rings. The Bertz CT molecular complexity index is 830. The van der Waals surface area contributed by atoms with Gasteiger partial charge in [-0.15, -0.1) is 0 Å². The van der Waals surface area contributed by atoms with Crippen molar-refractivity contribution in [3.05, 3.63) is 41.0 Å². The van der Waals surface area contributed by atoms with Gasteiger partial charge in [0.15, 0.2) is 0 Å². The number of carbonyl (C=O) groups is 2. The maximum atomic E-state index is 12.7. The van der Waals surface area contributed by atoms with Crippen LogP contribution in [-0.2, 0) is 11.3 Å². The summed E-state index contributed by atoms with van der Waals surface area (Å²) in [7, 11) is 0. The molecule has 2 aromatic heterocycles. The molecule has 1 N–H and O–H groups in total. The quantitative estimate of drug-likeness (QED) is 0.878. The van der Waals surface area contributed by atoms with Crippen molar-refractivity contribution in [1.82, 2.24) is 19.9 Å². The van der Waals surface area contributed by atoms with Gasteiger partial charge in [0.25, 0.3) is 5.91 Å². The van der Waals surface area contributed by atoms with E-state index >= 15 is 0 Å². The van der Waals surface area contributed by atoms with E-state index in [-0.39, 0.29) is 17.9 Å². The third kappa shape index (κ3) is 3.77. The SMILES string of the molecule is Cc1noc(C)c1CN1CCC(NC(=O)c2cccn2C2CC2)CCC1=O. The molecule has 1 aliphatic heterocycles. The zero-order chi connectivity index (χ0) is 19.0. The van der Waals surface area contributed by atoms with Crippen LogP contribution in [-0.4, -0.2) is 39.0 Å². The number of aromatic nitrogens is 2. The van der Waals surface area contributed by atoms with Gasteiger partial charge in [-0.05, 0) is 51.7 Å². The van der Waals surface area contributed by atoms with Crippen molar-refractivity contribution >= 4 is 11.8 Å². The Balaban J connectivity index is 1.38. The van der Waals surface area contributed by atoms with Crippen LogP contribution < -0.4 is 5.32 Å². The fourth-order valence-electron chi connectivity index (χ4n) is 3.78. The average molecular weight is 370 g/mol. The summed E-state index contributed by atoms with van der Waals surface area (Å²) < 4.78 is 7.28. The molecule has 4 rings (SSSR count). The first-order chi connectivity index (χ1) is 13.0. The standard InChI is InChI=1S/C20H26N4O3/c1-13-17(14(2)27-22-13)12-23-11-9-15(5-8-19(23)25)21-20(26)18-4-3-10-24(18)16-6-7-16/h3-4,10,15-16H,5-9,11-12H2,1-2H3,(H,21,26). The number of aryl methyl sites for hydroxylation is 2. The number of nitrogens with zero attached hydrogens (tertiary/aromatic N) is 3. The summed E-state index contributed by atoms with van der Waals surface area (Å²) in [5.74, 6) is 0.840. The minimum atomic E-state index is -0.0384. The fourth-order valence-corrected chi connectivity index (χ4v) is 3.78. The molecule has 0 bridgehead atoms. The van der Waals surface area contributed by atoms with Gasteiger partial charge < -0.3 is 19.3 Å². The van der Waals surface area contributed by atoms with Crippen molar-refractivity contribution in [2.24, 2.45) is 0 Å². The summed E-state index contributed by atoms with van der Waals surface area (Å²) >= 11 is 0. The number of hydrogen-bond acceptors (Lipinski definition) is 4. The zero-order valence-electron chi connectivity index (χ0n) is 15.9. The topological polar surface area (TPSA) is 80.4 Å². The monoisotopic (exact) mass is 370 g/mol. The third-order valence-corrected chi connectivity index (χ3v) is 5.62. The van der Waals surface area contributed by atoms with E-state index in [0.29, 0.717) is 32.0 Å². The maximum Gasteiger partial charge on any atom is 0.268 e. The Morgan fingerprint density at radius 3 is 2.81 bits per heavy atom. The van der Waals surface area contributed by atoms with Crippen LogP contribution in [0.3, 0.4) is 0 Å². The smallest absolute Gasteiger partial charge is 0.268 e. The molecule has 7 nitrogen and oxygen atoms in total. The van der Waals surface area contributed by atoms with Crippen LogP contribution >= 0.6 is 0 Å². The van der Waals surface area contributed by atoms with Crippen molar-refractivity contribution in [2.45, 2.75) is 64.6 Å². The number of rotatable bonds is 5. The molecule has 0 aromatic carbocycles. The minimum Gasteiger partial charge on any atom is -0.361 e. The Morgan fingerprint density at radius 1 is 1.30 bits per heavy atom. The Hall–Kier alpha value is -2.57. The summed E-state index contributed by atoms with van der Waals surface area (Å²) in [6, 6.07) is 4.29. The van der Waals surface area contributed by atoms with E-state index in [9.17, 15) is 9.59 Å². The molecule has 1 atom stereocenters. The lowest BCUT2D eigenvalue weighted by Gasteiger charge is -2.21. The van der Waals surface area contributed by atoms with E-state index < -0.39 is 0 Å². The van der Waals surface area contributed by atoms with Crippen molar-refractivity contribution in [1.29, 1.82) is 0 Å². The molecular formula is C20H26N4O3. The molecule has 1 unspecified atom stereocenters. The number of amides is 2. The molecule has 1 saturated carbocycles. The molecule has 2 aromatic rings. The van der Waals surface area contributed by atoms with Gasteiger partial charge in [0.05, 0.1) is 12.2 Å². The molecule has 144 valence electrons. The van der Waals surface area contributed by atoms with Gasteiger partial charge >= 0.3 is 0 Å². The van der Waals surface area contributed by atoms with Crippen LogP contribution in [0.25, 0.3) is 0 Å². The lowest BCUT2D eigenvalue weighted by molar-refractivity contribution is -0.131. The molecule has 2 amide bonds. The predicted octanol–water partition coefficient (Wildman–Crippen LogP) is 2.74. The number of hydrogen-bond donors (Lipinski definition) is 1. The van der Waals surface area contributed by atoms with Crippen LogP contribution in [0.5, 0.6) is 0 Å². The summed E-state index contributed by atoms with van der Waals surface area (Å²) in [6.45, 7) is 4.91. The lowest BCUT2D eigenvalue weighted by Crippen LogP contribution is -2.36. The first-order valence-corrected chi connectivity index (χ1v) is 9.70. The summed E-state index contributed by atoms with van der Waals surface area (Å²) in [5, 5.41) is 7.11. The molecule has 0 spiro atoms. The van der Waals surface area contributed by atoms with Gasteiger partial charge in [0.1, 0.15) is 11.5 Å². The summed E-state index contributed by atoms with van der Waals surface area (Å²) in [4.78, 5) is 27.1. The van der Waals surface area contributed by atoms with E-state index in [1.165, 1.54) is 0 Å². The first kappa shape index (κ1) is 17.8. The Kier molecular flexibility index (Phi) is 4.76. The minimum absolute atomic E-state index is 0.0127. The molecule has 1 aliphatic carbocycles. The van der Waals surface area contributed by atoms with Crippen molar-refractivity contribution in [3.8, 4) is 0 Å². The Morgan fingerprint density at radius 2 is 2.11 bits per heavy atom. The zero-order valence-corrected chi connectivity index (χ0v) is 15.9. The highest BCUT2D eigenvalue weighted by Gasteiger charge is 2.29. The van der Waals surface area contributed by atoms with Crippen molar-refractivity contribution in [2.75, 3.05) is 6.54 Å². The highest BCUT2D eigenvalue weighted by atomic mass is 16.5. The van der Waals surface area contributed by atoms with Crippen LogP contribution in [0, 0.1) is 13.8 Å². The van der Waals surface area contributed by atoms with E-state index in [1.807, 2.05) is 37.1 Å². The Labute approximate surface area is 158 Å². The van der Waals surface area contributed by atoms with Gasteiger partial charge in [0, 0.05) is 36.8 Å². The second-order valence-electron chi connectivity index (χ2n) is 7.65. The fraction of sp³-hybridized carbons (Fsp3) is 0.550. The van der Waals surface area contributed by atoms with Gasteiger partial charge in [-0.2, -0.15) is 0 Å². The van der Waals surface area contributed by atoms with E-state index in [1.54, 1.807) is 0 Å². The van der Waals surface area contributed by atoms with Gasteiger partial charge in [-0.3, -0.25) is 9.59 Å². The van der Waals surface area contributed by atoms with Crippen LogP contribution in [0.2, 0.25) is 0 Å². The number of carbonyl (C=O) groups excluding carboxylic acids is 2. The van der Waals surface area contributed by atoms with Crippen LogP contribution in [0.1, 0.15) is 65.7 Å². The molecule has 27 heavy (non-hydrogen) atoms. The van der Waals surface area contributed by atoms with Gasteiger partial charge in [0.2, 0.25) is 5.91 Å². The molecular weight excluding hydrogens is 344 g/mol. The summed E-state index contributed by atoms with van der Waals surface area (Å²) in [5.41, 5.74) is 2.53. The first-order valence-electron chi connectivity index (χ1n) is 9.70. The van der Waals surface area contributed by atoms with Crippen molar-refractivity contribution in [3.63, 3.8) is 0 Å². The average Bonchev–Trinajstić information content (AvgIpc) is 3.33. The van der Waals surface area contributed by atoms with E-state index in [0.717, 1.165) is 42.0 Å². The second kappa shape index (κ2) is 7.21. The van der Waals surface area contributed by atoms with Gasteiger partial charge in [-0.1, -0.05) is 5.16 Å². The highest BCUT2D eigenvalue weighted by molar-refractivity contribution is 5.93. The largest absolute Gasteiger partial charge is 0.361 e. The van der Waals surface area contributed by atoms with E-state index in [4.69, 9.17) is 4.52 Å². The van der Waals surface area contributed by atoms with Crippen molar-refractivity contribution < 1.29 is 14.1 Å². The molecule has 3 heterocycles. The summed E-state index contributed by atoms with van der Waals surface area (Å²) in [6.07, 6.45) is 6.14. The third-order valence-electron chi connectivity index (χ3n) is 5.62. The number of likely N-dealkylation sites (tertiary alicyclic amines) is 1.